The molecule has 7 nitrogen and oxygen atoms in total. The second-order valence-electron chi connectivity index (χ2n) is 8.22. The van der Waals surface area contributed by atoms with E-state index in [-0.39, 0.29) is 37.3 Å². The molecular formula is C22H21NO6S. The zero-order valence-electron chi connectivity index (χ0n) is 16.1. The number of sulfone groups is 1. The van der Waals surface area contributed by atoms with E-state index in [2.05, 4.69) is 12.1 Å². The number of hydrogen-bond acceptors (Lipinski definition) is 5. The first-order valence-electron chi connectivity index (χ1n) is 9.91. The van der Waals surface area contributed by atoms with Crippen LogP contribution in [-0.4, -0.2) is 61.2 Å². The van der Waals surface area contributed by atoms with Crippen molar-refractivity contribution >= 4 is 21.9 Å². The number of carboxylic acids is 1. The molecule has 30 heavy (non-hydrogen) atoms. The van der Waals surface area contributed by atoms with Crippen LogP contribution >= 0.6 is 0 Å². The third-order valence-corrected chi connectivity index (χ3v) is 8.77. The van der Waals surface area contributed by atoms with Crippen LogP contribution in [0, 0.1) is 11.8 Å². The predicted octanol–water partition coefficient (Wildman–Crippen LogP) is 2.37. The largest absolute Gasteiger partial charge is 0.480 e. The lowest BCUT2D eigenvalue weighted by Crippen LogP contribution is -2.37. The molecule has 2 aliphatic heterocycles. The smallest absolute Gasteiger partial charge is 0.409 e. The van der Waals surface area contributed by atoms with Crippen LogP contribution in [-0.2, 0) is 19.4 Å². The molecule has 3 unspecified atom stereocenters. The Balaban J connectivity index is 1.30. The Bertz CT molecular complexity index is 1100. The van der Waals surface area contributed by atoms with E-state index in [1.807, 2.05) is 36.4 Å². The van der Waals surface area contributed by atoms with Gasteiger partial charge in [0.1, 0.15) is 6.61 Å². The summed E-state index contributed by atoms with van der Waals surface area (Å²) in [4.78, 5) is 25.6. The Morgan fingerprint density at radius 3 is 2.20 bits per heavy atom. The Labute approximate surface area is 174 Å². The highest BCUT2D eigenvalue weighted by Gasteiger charge is 2.55. The van der Waals surface area contributed by atoms with Crippen molar-refractivity contribution in [2.24, 2.45) is 11.8 Å². The number of carbonyl (C=O) groups excluding carboxylic acids is 1. The van der Waals surface area contributed by atoms with E-state index < -0.39 is 33.1 Å². The van der Waals surface area contributed by atoms with Gasteiger partial charge in [0.05, 0.1) is 5.75 Å². The number of likely N-dealkylation sites (tertiary alicyclic amines) is 1. The topological polar surface area (TPSA) is 101 Å². The van der Waals surface area contributed by atoms with Crippen LogP contribution in [0.5, 0.6) is 0 Å². The van der Waals surface area contributed by atoms with E-state index in [4.69, 9.17) is 4.74 Å². The summed E-state index contributed by atoms with van der Waals surface area (Å²) >= 11 is 0. The molecule has 3 aliphatic rings. The second-order valence-corrected chi connectivity index (χ2v) is 10.4. The summed E-state index contributed by atoms with van der Waals surface area (Å²) in [5.74, 6) is -2.51. The SMILES string of the molecule is O=C(O)C1C2CN(C(=O)OCC3c4ccccc4-c4ccccc43)CC2CS1(=O)=O. The van der Waals surface area contributed by atoms with Gasteiger partial charge in [-0.3, -0.25) is 4.79 Å². The van der Waals surface area contributed by atoms with Crippen molar-refractivity contribution < 1.29 is 27.9 Å². The molecule has 2 aromatic rings. The summed E-state index contributed by atoms with van der Waals surface area (Å²) in [5, 5.41) is 7.90. The van der Waals surface area contributed by atoms with Gasteiger partial charge in [0, 0.05) is 24.9 Å². The lowest BCUT2D eigenvalue weighted by atomic mass is 9.95. The molecule has 2 aromatic carbocycles. The Morgan fingerprint density at radius 2 is 1.60 bits per heavy atom. The Morgan fingerprint density at radius 1 is 1.00 bits per heavy atom. The van der Waals surface area contributed by atoms with Crippen LogP contribution < -0.4 is 0 Å². The third kappa shape index (κ3) is 2.89. The standard InChI is InChI=1S/C22H21NO6S/c24-21(25)20-18-10-23(9-13(18)12-30(20,27)28)22(26)29-11-19-16-7-3-1-5-14(16)15-6-2-4-8-17(15)19/h1-8,13,18-20H,9-12H2,(H,24,25). The maximum absolute atomic E-state index is 12.7. The molecular weight excluding hydrogens is 406 g/mol. The Kier molecular flexibility index (Phi) is 4.36. The average molecular weight is 427 g/mol. The number of fused-ring (bicyclic) bond motifs is 4. The molecule has 0 spiro atoms. The van der Waals surface area contributed by atoms with Gasteiger partial charge < -0.3 is 14.7 Å². The van der Waals surface area contributed by atoms with E-state index >= 15 is 0 Å². The van der Waals surface area contributed by atoms with Crippen LogP contribution in [0.15, 0.2) is 48.5 Å². The summed E-state index contributed by atoms with van der Waals surface area (Å²) in [6.45, 7) is 0.487. The first kappa shape index (κ1) is 19.1. The number of amides is 1. The van der Waals surface area contributed by atoms with Crippen molar-refractivity contribution in [3.8, 4) is 11.1 Å². The predicted molar refractivity (Wildman–Crippen MR) is 109 cm³/mol. The number of carbonyl (C=O) groups is 2. The monoisotopic (exact) mass is 427 g/mol. The molecule has 1 aliphatic carbocycles. The fraction of sp³-hybridized carbons (Fsp3) is 0.364. The average Bonchev–Trinajstić information content (AvgIpc) is 3.32. The minimum atomic E-state index is -3.67. The van der Waals surface area contributed by atoms with Crippen LogP contribution in [0.1, 0.15) is 17.0 Å². The van der Waals surface area contributed by atoms with Crippen molar-refractivity contribution in [1.82, 2.24) is 4.90 Å². The van der Waals surface area contributed by atoms with Crippen LogP contribution in [0.2, 0.25) is 0 Å². The summed E-state index contributed by atoms with van der Waals surface area (Å²) < 4.78 is 29.8. The fourth-order valence-corrected chi connectivity index (χ4v) is 7.56. The van der Waals surface area contributed by atoms with Crippen LogP contribution in [0.4, 0.5) is 4.79 Å². The molecule has 3 atom stereocenters. The highest BCUT2D eigenvalue weighted by Crippen LogP contribution is 2.45. The molecule has 1 amide bonds. The van der Waals surface area contributed by atoms with Crippen LogP contribution in [0.25, 0.3) is 11.1 Å². The number of aliphatic carboxylic acids is 1. The zero-order chi connectivity index (χ0) is 21.0. The molecule has 2 fully saturated rings. The number of hydrogen-bond donors (Lipinski definition) is 1. The lowest BCUT2D eigenvalue weighted by Gasteiger charge is -2.20. The Hall–Kier alpha value is -2.87. The van der Waals surface area contributed by atoms with E-state index in [0.717, 1.165) is 22.3 Å². The van der Waals surface area contributed by atoms with Gasteiger partial charge >= 0.3 is 12.1 Å². The van der Waals surface area contributed by atoms with E-state index in [1.165, 1.54) is 4.90 Å². The van der Waals surface area contributed by atoms with Gasteiger partial charge in [-0.2, -0.15) is 0 Å². The highest BCUT2D eigenvalue weighted by atomic mass is 32.2. The van der Waals surface area contributed by atoms with E-state index in [9.17, 15) is 23.1 Å². The highest BCUT2D eigenvalue weighted by molar-refractivity contribution is 7.93. The van der Waals surface area contributed by atoms with Gasteiger partial charge in [-0.25, -0.2) is 13.2 Å². The van der Waals surface area contributed by atoms with Gasteiger partial charge in [0.15, 0.2) is 15.1 Å². The number of nitrogens with zero attached hydrogens (tertiary/aromatic N) is 1. The van der Waals surface area contributed by atoms with E-state index in [0.29, 0.717) is 0 Å². The zero-order valence-corrected chi connectivity index (χ0v) is 16.9. The molecule has 2 heterocycles. The normalized spacial score (nSPS) is 26.1. The van der Waals surface area contributed by atoms with Gasteiger partial charge in [-0.15, -0.1) is 0 Å². The number of rotatable bonds is 3. The minimum Gasteiger partial charge on any atom is -0.480 e. The van der Waals surface area contributed by atoms with Gasteiger partial charge in [0.25, 0.3) is 0 Å². The minimum absolute atomic E-state index is 0.0596. The van der Waals surface area contributed by atoms with Crippen molar-refractivity contribution in [3.05, 3.63) is 59.7 Å². The first-order chi connectivity index (χ1) is 14.4. The number of ether oxygens (including phenoxy) is 1. The molecule has 0 aromatic heterocycles. The third-order valence-electron chi connectivity index (χ3n) is 6.55. The summed E-state index contributed by atoms with van der Waals surface area (Å²) in [6.07, 6.45) is -0.521. The molecule has 0 saturated carbocycles. The maximum atomic E-state index is 12.7. The van der Waals surface area contributed by atoms with Crippen molar-refractivity contribution in [2.45, 2.75) is 11.2 Å². The summed E-state index contributed by atoms with van der Waals surface area (Å²) in [7, 11) is -3.67. The van der Waals surface area contributed by atoms with Gasteiger partial charge in [-0.1, -0.05) is 48.5 Å². The van der Waals surface area contributed by atoms with Crippen LogP contribution in [0.3, 0.4) is 0 Å². The van der Waals surface area contributed by atoms with Crippen molar-refractivity contribution in [3.63, 3.8) is 0 Å². The van der Waals surface area contributed by atoms with Crippen molar-refractivity contribution in [2.75, 3.05) is 25.4 Å². The number of carboxylic acid groups (broad SMARTS) is 1. The lowest BCUT2D eigenvalue weighted by molar-refractivity contribution is -0.137. The molecule has 8 heteroatoms. The molecule has 1 N–H and O–H groups in total. The van der Waals surface area contributed by atoms with Gasteiger partial charge in [0.2, 0.25) is 0 Å². The summed E-state index contributed by atoms with van der Waals surface area (Å²) in [5.41, 5.74) is 4.50. The van der Waals surface area contributed by atoms with Crippen molar-refractivity contribution in [1.29, 1.82) is 0 Å². The molecule has 0 radical (unpaired) electrons. The molecule has 5 rings (SSSR count). The maximum Gasteiger partial charge on any atom is 0.409 e. The molecule has 0 bridgehead atoms. The molecule has 2 saturated heterocycles. The van der Waals surface area contributed by atoms with Gasteiger partial charge in [-0.05, 0) is 28.2 Å². The fourth-order valence-electron chi connectivity index (χ4n) is 5.26. The second kappa shape index (κ2) is 6.84. The quantitative estimate of drug-likeness (QED) is 0.807. The number of benzene rings is 2. The molecule has 156 valence electrons. The summed E-state index contributed by atoms with van der Waals surface area (Å²) in [6, 6.07) is 16.1. The van der Waals surface area contributed by atoms with E-state index in [1.54, 1.807) is 0 Å². The first-order valence-corrected chi connectivity index (χ1v) is 11.6.